The number of carbonyl (C=O) groups is 3. The maximum atomic E-state index is 11.7. The van der Waals surface area contributed by atoms with Gasteiger partial charge >= 0.3 is 5.97 Å². The Morgan fingerprint density at radius 3 is 2.45 bits per heavy atom. The molecule has 1 aromatic heterocycles. The smallest absolute Gasteiger partial charge is 0.326 e. The van der Waals surface area contributed by atoms with E-state index in [0.29, 0.717) is 11.6 Å². The molecular weight excluding hydrogens is 310 g/mol. The Morgan fingerprint density at radius 2 is 1.95 bits per heavy atom. The fraction of sp³-hybridized carbons (Fsp3) is 0.538. The van der Waals surface area contributed by atoms with Gasteiger partial charge in [-0.2, -0.15) is 0 Å². The van der Waals surface area contributed by atoms with E-state index in [1.807, 2.05) is 0 Å². The van der Waals surface area contributed by atoms with Crippen molar-refractivity contribution in [2.24, 2.45) is 5.92 Å². The SMILES string of the molecule is Cc1cc(NC(=O)CSCC(=O)NC(C(=O)O)C(C)C)no1. The van der Waals surface area contributed by atoms with Gasteiger partial charge in [0.15, 0.2) is 5.82 Å². The second kappa shape index (κ2) is 8.42. The van der Waals surface area contributed by atoms with Gasteiger partial charge in [0.05, 0.1) is 11.5 Å². The van der Waals surface area contributed by atoms with Gasteiger partial charge in [-0.3, -0.25) is 9.59 Å². The van der Waals surface area contributed by atoms with E-state index in [2.05, 4.69) is 15.8 Å². The number of aryl methyl sites for hydroxylation is 1. The van der Waals surface area contributed by atoms with Crippen LogP contribution in [0.2, 0.25) is 0 Å². The lowest BCUT2D eigenvalue weighted by atomic mass is 10.1. The van der Waals surface area contributed by atoms with Crippen LogP contribution in [0.5, 0.6) is 0 Å². The summed E-state index contributed by atoms with van der Waals surface area (Å²) in [4.78, 5) is 34.2. The lowest BCUT2D eigenvalue weighted by molar-refractivity contribution is -0.142. The number of aromatic nitrogens is 1. The maximum absolute atomic E-state index is 11.7. The molecule has 22 heavy (non-hydrogen) atoms. The fourth-order valence-corrected chi connectivity index (χ4v) is 2.20. The Morgan fingerprint density at radius 1 is 1.32 bits per heavy atom. The van der Waals surface area contributed by atoms with Gasteiger partial charge in [0.25, 0.3) is 0 Å². The second-order valence-electron chi connectivity index (χ2n) is 4.99. The number of nitrogens with one attached hydrogen (secondary N) is 2. The number of rotatable bonds is 8. The molecule has 0 bridgehead atoms. The van der Waals surface area contributed by atoms with Crippen LogP contribution in [0.25, 0.3) is 0 Å². The van der Waals surface area contributed by atoms with Crippen molar-refractivity contribution in [3.63, 3.8) is 0 Å². The normalized spacial score (nSPS) is 12.0. The molecule has 2 amide bonds. The number of thioether (sulfide) groups is 1. The Hall–Kier alpha value is -2.03. The predicted octanol–water partition coefficient (Wildman–Crippen LogP) is 0.880. The minimum absolute atomic E-state index is 0.00175. The monoisotopic (exact) mass is 329 g/mol. The van der Waals surface area contributed by atoms with Crippen LogP contribution in [-0.4, -0.2) is 45.6 Å². The van der Waals surface area contributed by atoms with Crippen molar-refractivity contribution in [2.45, 2.75) is 26.8 Å². The van der Waals surface area contributed by atoms with Crippen LogP contribution in [-0.2, 0) is 14.4 Å². The van der Waals surface area contributed by atoms with Gasteiger partial charge in [-0.05, 0) is 12.8 Å². The molecular formula is C13H19N3O5S. The standard InChI is InChI=1S/C13H19N3O5S/c1-7(2)12(13(19)20)15-11(18)6-22-5-10(17)14-9-4-8(3)21-16-9/h4,7,12H,5-6H2,1-3H3,(H,15,18)(H,19,20)(H,14,16,17). The van der Waals surface area contributed by atoms with Crippen molar-refractivity contribution in [3.05, 3.63) is 11.8 Å². The van der Waals surface area contributed by atoms with Gasteiger partial charge in [-0.15, -0.1) is 11.8 Å². The van der Waals surface area contributed by atoms with Crippen LogP contribution in [0.1, 0.15) is 19.6 Å². The van der Waals surface area contributed by atoms with Crippen LogP contribution in [0.15, 0.2) is 10.6 Å². The van der Waals surface area contributed by atoms with E-state index in [1.54, 1.807) is 26.8 Å². The molecule has 0 saturated heterocycles. The molecule has 122 valence electrons. The third-order valence-electron chi connectivity index (χ3n) is 2.61. The van der Waals surface area contributed by atoms with E-state index in [9.17, 15) is 14.4 Å². The third-order valence-corrected chi connectivity index (χ3v) is 3.54. The highest BCUT2D eigenvalue weighted by Crippen LogP contribution is 2.09. The molecule has 0 aliphatic carbocycles. The van der Waals surface area contributed by atoms with E-state index >= 15 is 0 Å². The maximum Gasteiger partial charge on any atom is 0.326 e. The summed E-state index contributed by atoms with van der Waals surface area (Å²) >= 11 is 1.09. The van der Waals surface area contributed by atoms with Gasteiger partial charge in [0.2, 0.25) is 11.8 Å². The minimum Gasteiger partial charge on any atom is -0.480 e. The lowest BCUT2D eigenvalue weighted by Crippen LogP contribution is -2.45. The Kier molecular flexibility index (Phi) is 6.90. The summed E-state index contributed by atoms with van der Waals surface area (Å²) in [5.41, 5.74) is 0. The number of carboxylic acid groups (broad SMARTS) is 1. The number of anilines is 1. The van der Waals surface area contributed by atoms with E-state index in [1.165, 1.54) is 0 Å². The summed E-state index contributed by atoms with van der Waals surface area (Å²) < 4.78 is 4.81. The van der Waals surface area contributed by atoms with Gasteiger partial charge in [-0.25, -0.2) is 4.79 Å². The number of amides is 2. The first-order valence-corrected chi connectivity index (χ1v) is 7.78. The average molecular weight is 329 g/mol. The summed E-state index contributed by atoms with van der Waals surface area (Å²) in [5, 5.41) is 17.5. The van der Waals surface area contributed by atoms with Crippen LogP contribution in [0.4, 0.5) is 5.82 Å². The first kappa shape index (κ1) is 18.0. The third kappa shape index (κ3) is 6.17. The number of carbonyl (C=O) groups excluding carboxylic acids is 2. The molecule has 8 nitrogen and oxygen atoms in total. The Bertz CT molecular complexity index is 544. The summed E-state index contributed by atoms with van der Waals surface area (Å²) in [6, 6.07) is 0.648. The Labute approximate surface area is 132 Å². The van der Waals surface area contributed by atoms with Crippen molar-refractivity contribution < 1.29 is 24.0 Å². The predicted molar refractivity (Wildman–Crippen MR) is 81.6 cm³/mol. The number of hydrogen-bond donors (Lipinski definition) is 3. The highest BCUT2D eigenvalue weighted by atomic mass is 32.2. The van der Waals surface area contributed by atoms with Crippen molar-refractivity contribution in [1.82, 2.24) is 10.5 Å². The number of aliphatic carboxylic acids is 1. The van der Waals surface area contributed by atoms with Gasteiger partial charge in [0, 0.05) is 6.07 Å². The number of nitrogens with zero attached hydrogens (tertiary/aromatic N) is 1. The zero-order valence-electron chi connectivity index (χ0n) is 12.6. The number of hydrogen-bond acceptors (Lipinski definition) is 6. The van der Waals surface area contributed by atoms with Crippen molar-refractivity contribution >= 4 is 35.4 Å². The van der Waals surface area contributed by atoms with E-state index in [-0.39, 0.29) is 23.3 Å². The van der Waals surface area contributed by atoms with Crippen molar-refractivity contribution in [3.8, 4) is 0 Å². The highest BCUT2D eigenvalue weighted by molar-refractivity contribution is 8.00. The minimum atomic E-state index is -1.08. The van der Waals surface area contributed by atoms with Crippen LogP contribution in [0, 0.1) is 12.8 Å². The molecule has 0 aromatic carbocycles. The van der Waals surface area contributed by atoms with Crippen molar-refractivity contribution in [2.75, 3.05) is 16.8 Å². The molecule has 0 saturated carbocycles. The van der Waals surface area contributed by atoms with Crippen LogP contribution >= 0.6 is 11.8 Å². The summed E-state index contributed by atoms with van der Waals surface area (Å²) in [7, 11) is 0. The summed E-state index contributed by atoms with van der Waals surface area (Å²) in [5.74, 6) is -1.08. The van der Waals surface area contributed by atoms with Gasteiger partial charge < -0.3 is 20.3 Å². The summed E-state index contributed by atoms with van der Waals surface area (Å²) in [6.45, 7) is 5.12. The summed E-state index contributed by atoms with van der Waals surface area (Å²) in [6.07, 6.45) is 0. The molecule has 1 rings (SSSR count). The zero-order valence-corrected chi connectivity index (χ0v) is 13.4. The molecule has 0 radical (unpaired) electrons. The first-order chi connectivity index (χ1) is 10.3. The molecule has 9 heteroatoms. The molecule has 0 fully saturated rings. The fourth-order valence-electron chi connectivity index (χ4n) is 1.57. The van der Waals surface area contributed by atoms with Gasteiger partial charge in [0.1, 0.15) is 11.8 Å². The average Bonchev–Trinajstić information content (AvgIpc) is 2.80. The molecule has 1 aromatic rings. The van der Waals surface area contributed by atoms with Gasteiger partial charge in [-0.1, -0.05) is 19.0 Å². The van der Waals surface area contributed by atoms with E-state index in [0.717, 1.165) is 11.8 Å². The molecule has 1 unspecified atom stereocenters. The molecule has 3 N–H and O–H groups in total. The largest absolute Gasteiger partial charge is 0.480 e. The molecule has 0 aliphatic heterocycles. The first-order valence-electron chi connectivity index (χ1n) is 6.62. The van der Waals surface area contributed by atoms with E-state index in [4.69, 9.17) is 9.63 Å². The second-order valence-corrected chi connectivity index (χ2v) is 5.98. The zero-order chi connectivity index (χ0) is 16.7. The quantitative estimate of drug-likeness (QED) is 0.647. The molecule has 1 heterocycles. The topological polar surface area (TPSA) is 122 Å². The molecule has 1 atom stereocenters. The van der Waals surface area contributed by atoms with E-state index < -0.39 is 17.9 Å². The lowest BCUT2D eigenvalue weighted by Gasteiger charge is -2.17. The molecule has 0 spiro atoms. The Balaban J connectivity index is 2.29. The van der Waals surface area contributed by atoms with Crippen LogP contribution < -0.4 is 10.6 Å². The molecule has 0 aliphatic rings. The van der Waals surface area contributed by atoms with Crippen LogP contribution in [0.3, 0.4) is 0 Å². The highest BCUT2D eigenvalue weighted by Gasteiger charge is 2.23. The number of carboxylic acids is 1. The van der Waals surface area contributed by atoms with Crippen molar-refractivity contribution in [1.29, 1.82) is 0 Å².